The molecule has 130 valence electrons. The van der Waals surface area contributed by atoms with Crippen molar-refractivity contribution >= 4 is 29.1 Å². The minimum absolute atomic E-state index is 0.152. The molecule has 1 saturated heterocycles. The number of benzene rings is 1. The number of amides is 2. The summed E-state index contributed by atoms with van der Waals surface area (Å²) in [5.74, 6) is -0.483. The number of anilines is 1. The van der Waals surface area contributed by atoms with Crippen LogP contribution in [0, 0.1) is 0 Å². The monoisotopic (exact) mass is 358 g/mol. The summed E-state index contributed by atoms with van der Waals surface area (Å²) in [5.41, 5.74) is 1.17. The van der Waals surface area contributed by atoms with E-state index in [0.29, 0.717) is 29.4 Å². The number of carbonyl (C=O) groups is 2. The van der Waals surface area contributed by atoms with Gasteiger partial charge in [0.1, 0.15) is 5.69 Å². The molecule has 1 aromatic carbocycles. The number of hydrogen-bond acceptors (Lipinski definition) is 4. The van der Waals surface area contributed by atoms with Crippen LogP contribution >= 0.6 is 11.6 Å². The standard InChI is InChI=1S/C18H19ClN4O2/c1-22-8-10-23(11-9-22)18(25)16-12-13(6-7-20-16)17(24)21-15-5-3-2-4-14(15)19/h2-7,12H,8-11H2,1H3,(H,21,24). The first-order chi connectivity index (χ1) is 12.0. The molecule has 7 heteroatoms. The molecule has 0 spiro atoms. The van der Waals surface area contributed by atoms with Crippen molar-refractivity contribution in [2.75, 3.05) is 38.5 Å². The highest BCUT2D eigenvalue weighted by Gasteiger charge is 2.22. The van der Waals surface area contributed by atoms with E-state index in [-0.39, 0.29) is 17.5 Å². The number of para-hydroxylation sites is 1. The largest absolute Gasteiger partial charge is 0.335 e. The number of hydrogen-bond donors (Lipinski definition) is 1. The van der Waals surface area contributed by atoms with E-state index >= 15 is 0 Å². The third kappa shape index (κ3) is 4.15. The normalized spacial score (nSPS) is 15.0. The number of halogens is 1. The summed E-state index contributed by atoms with van der Waals surface area (Å²) in [6.45, 7) is 2.98. The Labute approximate surface area is 151 Å². The molecule has 0 atom stereocenters. The van der Waals surface area contributed by atoms with Crippen LogP contribution in [0.25, 0.3) is 0 Å². The van der Waals surface area contributed by atoms with Gasteiger partial charge in [-0.1, -0.05) is 23.7 Å². The Bertz CT molecular complexity index is 788. The second-order valence-electron chi connectivity index (χ2n) is 5.96. The second kappa shape index (κ2) is 7.63. The highest BCUT2D eigenvalue weighted by Crippen LogP contribution is 2.21. The minimum Gasteiger partial charge on any atom is -0.335 e. The Balaban J connectivity index is 1.73. The van der Waals surface area contributed by atoms with Gasteiger partial charge in [0.05, 0.1) is 10.7 Å². The lowest BCUT2D eigenvalue weighted by atomic mass is 10.2. The summed E-state index contributed by atoms with van der Waals surface area (Å²) in [7, 11) is 2.03. The van der Waals surface area contributed by atoms with Crippen molar-refractivity contribution in [2.45, 2.75) is 0 Å². The van der Waals surface area contributed by atoms with Crippen molar-refractivity contribution < 1.29 is 9.59 Å². The number of nitrogens with one attached hydrogen (secondary N) is 1. The summed E-state index contributed by atoms with van der Waals surface area (Å²) in [5, 5.41) is 3.20. The van der Waals surface area contributed by atoms with E-state index in [4.69, 9.17) is 11.6 Å². The Morgan fingerprint density at radius 3 is 2.56 bits per heavy atom. The predicted molar refractivity (Wildman–Crippen MR) is 97.0 cm³/mol. The first-order valence-corrected chi connectivity index (χ1v) is 8.42. The summed E-state index contributed by atoms with van der Waals surface area (Å²) < 4.78 is 0. The molecule has 0 saturated carbocycles. The van der Waals surface area contributed by atoms with Crippen LogP contribution in [0.4, 0.5) is 5.69 Å². The fourth-order valence-electron chi connectivity index (χ4n) is 2.62. The van der Waals surface area contributed by atoms with Crippen LogP contribution < -0.4 is 5.32 Å². The quantitative estimate of drug-likeness (QED) is 0.914. The number of aromatic nitrogens is 1. The van der Waals surface area contributed by atoms with Crippen LogP contribution in [0.1, 0.15) is 20.8 Å². The molecule has 2 aromatic rings. The van der Waals surface area contributed by atoms with E-state index in [0.717, 1.165) is 13.1 Å². The highest BCUT2D eigenvalue weighted by atomic mass is 35.5. The van der Waals surface area contributed by atoms with Gasteiger partial charge < -0.3 is 15.1 Å². The number of piperazine rings is 1. The van der Waals surface area contributed by atoms with E-state index in [9.17, 15) is 9.59 Å². The molecule has 1 aliphatic rings. The van der Waals surface area contributed by atoms with Gasteiger partial charge in [-0.15, -0.1) is 0 Å². The Morgan fingerprint density at radius 1 is 1.12 bits per heavy atom. The molecule has 0 unspecified atom stereocenters. The van der Waals surface area contributed by atoms with Gasteiger partial charge in [-0.25, -0.2) is 0 Å². The summed E-state index contributed by atoms with van der Waals surface area (Å²) in [6.07, 6.45) is 1.48. The Kier molecular flexibility index (Phi) is 5.31. The maximum atomic E-state index is 12.6. The van der Waals surface area contributed by atoms with Gasteiger partial charge in [-0.2, -0.15) is 0 Å². The van der Waals surface area contributed by atoms with Crippen molar-refractivity contribution in [1.29, 1.82) is 0 Å². The van der Waals surface area contributed by atoms with Gasteiger partial charge in [-0.05, 0) is 31.3 Å². The number of rotatable bonds is 3. The number of likely N-dealkylation sites (N-methyl/N-ethyl adjacent to an activating group) is 1. The topological polar surface area (TPSA) is 65.5 Å². The van der Waals surface area contributed by atoms with Crippen LogP contribution in [0.5, 0.6) is 0 Å². The number of pyridine rings is 1. The van der Waals surface area contributed by atoms with Crippen LogP contribution in [0.2, 0.25) is 5.02 Å². The first-order valence-electron chi connectivity index (χ1n) is 8.04. The lowest BCUT2D eigenvalue weighted by Gasteiger charge is -2.32. The smallest absolute Gasteiger partial charge is 0.272 e. The summed E-state index contributed by atoms with van der Waals surface area (Å²) >= 11 is 6.06. The van der Waals surface area contributed by atoms with Gasteiger partial charge in [-0.3, -0.25) is 14.6 Å². The second-order valence-corrected chi connectivity index (χ2v) is 6.37. The molecule has 0 aliphatic carbocycles. The molecule has 1 aliphatic heterocycles. The van der Waals surface area contributed by atoms with Crippen LogP contribution in [0.3, 0.4) is 0 Å². The zero-order valence-electron chi connectivity index (χ0n) is 13.9. The van der Waals surface area contributed by atoms with Crippen LogP contribution in [-0.4, -0.2) is 59.8 Å². The number of nitrogens with zero attached hydrogens (tertiary/aromatic N) is 3. The first kappa shape index (κ1) is 17.4. The highest BCUT2D eigenvalue weighted by molar-refractivity contribution is 6.33. The predicted octanol–water partition coefficient (Wildman–Crippen LogP) is 2.37. The molecule has 2 heterocycles. The van der Waals surface area contributed by atoms with E-state index in [2.05, 4.69) is 15.2 Å². The third-order valence-electron chi connectivity index (χ3n) is 4.15. The summed E-state index contributed by atoms with van der Waals surface area (Å²) in [4.78, 5) is 33.1. The molecule has 6 nitrogen and oxygen atoms in total. The summed E-state index contributed by atoms with van der Waals surface area (Å²) in [6, 6.07) is 10.1. The fraction of sp³-hybridized carbons (Fsp3) is 0.278. The maximum Gasteiger partial charge on any atom is 0.272 e. The molecule has 1 aromatic heterocycles. The van der Waals surface area contributed by atoms with Gasteiger partial charge in [0.25, 0.3) is 11.8 Å². The Morgan fingerprint density at radius 2 is 1.84 bits per heavy atom. The van der Waals surface area contributed by atoms with E-state index in [1.807, 2.05) is 7.05 Å². The average molecular weight is 359 g/mol. The minimum atomic E-state index is -0.331. The molecule has 3 rings (SSSR count). The molecular weight excluding hydrogens is 340 g/mol. The van der Waals surface area contributed by atoms with Gasteiger partial charge >= 0.3 is 0 Å². The molecule has 1 N–H and O–H groups in total. The van der Waals surface area contributed by atoms with Crippen molar-refractivity contribution in [2.24, 2.45) is 0 Å². The number of carbonyl (C=O) groups excluding carboxylic acids is 2. The molecule has 0 radical (unpaired) electrons. The van der Waals surface area contributed by atoms with Crippen LogP contribution in [-0.2, 0) is 0 Å². The fourth-order valence-corrected chi connectivity index (χ4v) is 2.80. The third-order valence-corrected chi connectivity index (χ3v) is 4.48. The van der Waals surface area contributed by atoms with Crippen LogP contribution in [0.15, 0.2) is 42.6 Å². The lowest BCUT2D eigenvalue weighted by molar-refractivity contribution is 0.0658. The Hall–Kier alpha value is -2.44. The van der Waals surface area contributed by atoms with Crippen molar-refractivity contribution in [3.63, 3.8) is 0 Å². The molecule has 25 heavy (non-hydrogen) atoms. The zero-order chi connectivity index (χ0) is 17.8. The van der Waals surface area contributed by atoms with Gasteiger partial charge in [0.15, 0.2) is 0 Å². The molecule has 2 amide bonds. The lowest BCUT2D eigenvalue weighted by Crippen LogP contribution is -2.47. The van der Waals surface area contributed by atoms with E-state index in [1.165, 1.54) is 12.3 Å². The van der Waals surface area contributed by atoms with Crippen molar-refractivity contribution in [3.05, 3.63) is 58.9 Å². The zero-order valence-corrected chi connectivity index (χ0v) is 14.7. The van der Waals surface area contributed by atoms with Crippen molar-refractivity contribution in [3.8, 4) is 0 Å². The van der Waals surface area contributed by atoms with E-state index in [1.54, 1.807) is 35.2 Å². The molecule has 1 fully saturated rings. The molecule has 0 bridgehead atoms. The SMILES string of the molecule is CN1CCN(C(=O)c2cc(C(=O)Nc3ccccc3Cl)ccn2)CC1. The van der Waals surface area contributed by atoms with Crippen molar-refractivity contribution in [1.82, 2.24) is 14.8 Å². The molecular formula is C18H19ClN4O2. The van der Waals surface area contributed by atoms with Gasteiger partial charge in [0, 0.05) is 37.9 Å². The maximum absolute atomic E-state index is 12.6. The van der Waals surface area contributed by atoms with Gasteiger partial charge in [0.2, 0.25) is 0 Å². The average Bonchev–Trinajstić information content (AvgIpc) is 2.64. The van der Waals surface area contributed by atoms with E-state index < -0.39 is 0 Å².